The molecule has 2 aliphatic rings. The predicted molar refractivity (Wildman–Crippen MR) is 114 cm³/mol. The molecule has 0 atom stereocenters. The Morgan fingerprint density at radius 1 is 0.679 bits per heavy atom. The van der Waals surface area contributed by atoms with Crippen molar-refractivity contribution in [3.8, 4) is 11.5 Å². The van der Waals surface area contributed by atoms with Gasteiger partial charge in [-0.05, 0) is 65.8 Å². The first-order chi connectivity index (χ1) is 13.1. The lowest BCUT2D eigenvalue weighted by Gasteiger charge is -2.34. The van der Waals surface area contributed by atoms with Crippen molar-refractivity contribution in [1.82, 2.24) is 0 Å². The summed E-state index contributed by atoms with van der Waals surface area (Å²) in [7, 11) is 0. The Hall–Kier alpha value is -2.62. The Morgan fingerprint density at radius 3 is 1.46 bits per heavy atom. The van der Waals surface area contributed by atoms with Crippen LogP contribution >= 0.6 is 0 Å². The van der Waals surface area contributed by atoms with Crippen LogP contribution in [0.1, 0.15) is 62.8 Å². The summed E-state index contributed by atoms with van der Waals surface area (Å²) in [5.41, 5.74) is 5.81. The number of ether oxygens (including phenoxy) is 2. The zero-order valence-corrected chi connectivity index (χ0v) is 17.6. The number of benzene rings is 2. The molecule has 0 fully saturated rings. The van der Waals surface area contributed by atoms with E-state index >= 15 is 0 Å². The number of aryl methyl sites for hydroxylation is 2. The van der Waals surface area contributed by atoms with Crippen LogP contribution in [-0.2, 0) is 0 Å². The van der Waals surface area contributed by atoms with Gasteiger partial charge in [0.1, 0.15) is 22.7 Å². The van der Waals surface area contributed by atoms with Crippen LogP contribution in [0.5, 0.6) is 11.5 Å². The molecule has 0 bridgehead atoms. The summed E-state index contributed by atoms with van der Waals surface area (Å²) in [6, 6.07) is 12.5. The van der Waals surface area contributed by atoms with Gasteiger partial charge < -0.3 is 9.47 Å². The molecule has 2 aromatic rings. The molecule has 0 radical (unpaired) electrons. The third-order valence-corrected chi connectivity index (χ3v) is 5.14. The van der Waals surface area contributed by atoms with Crippen LogP contribution in [0.15, 0.2) is 46.6 Å². The van der Waals surface area contributed by atoms with Crippen molar-refractivity contribution in [1.29, 1.82) is 0 Å². The van der Waals surface area contributed by atoms with E-state index in [0.29, 0.717) is 0 Å². The van der Waals surface area contributed by atoms with Gasteiger partial charge in [0.15, 0.2) is 0 Å². The molecule has 2 heterocycles. The highest BCUT2D eigenvalue weighted by atomic mass is 16.5. The van der Waals surface area contributed by atoms with Gasteiger partial charge in [0, 0.05) is 24.0 Å². The van der Waals surface area contributed by atoms with Gasteiger partial charge in [-0.15, -0.1) is 0 Å². The van der Waals surface area contributed by atoms with Crippen molar-refractivity contribution in [3.63, 3.8) is 0 Å². The van der Waals surface area contributed by atoms with E-state index < -0.39 is 0 Å². The summed E-state index contributed by atoms with van der Waals surface area (Å²) in [6.45, 7) is 12.5. The zero-order valence-electron chi connectivity index (χ0n) is 17.6. The molecule has 0 aromatic heterocycles. The van der Waals surface area contributed by atoms with Crippen LogP contribution in [0.4, 0.5) is 0 Å². The van der Waals surface area contributed by atoms with Crippen molar-refractivity contribution in [2.75, 3.05) is 0 Å². The zero-order chi connectivity index (χ0) is 20.1. The van der Waals surface area contributed by atoms with Crippen molar-refractivity contribution in [3.05, 3.63) is 58.7 Å². The second-order valence-electron chi connectivity index (χ2n) is 9.17. The Labute approximate surface area is 167 Å². The smallest absolute Gasteiger partial charge is 0.129 e. The lowest BCUT2D eigenvalue weighted by atomic mass is 9.91. The van der Waals surface area contributed by atoms with Crippen molar-refractivity contribution in [2.45, 2.75) is 65.6 Å². The maximum atomic E-state index is 6.15. The van der Waals surface area contributed by atoms with Gasteiger partial charge in [-0.2, -0.15) is 10.2 Å². The third-order valence-electron chi connectivity index (χ3n) is 5.14. The normalized spacial score (nSPS) is 22.2. The lowest BCUT2D eigenvalue weighted by Crippen LogP contribution is -2.37. The van der Waals surface area contributed by atoms with Gasteiger partial charge >= 0.3 is 0 Å². The van der Waals surface area contributed by atoms with Gasteiger partial charge in [-0.3, -0.25) is 0 Å². The Bertz CT molecular complexity index is 918. The lowest BCUT2D eigenvalue weighted by molar-refractivity contribution is 0.110. The monoisotopic (exact) mass is 376 g/mol. The molecule has 0 saturated heterocycles. The van der Waals surface area contributed by atoms with E-state index in [-0.39, 0.29) is 11.2 Å². The largest absolute Gasteiger partial charge is 0.487 e. The van der Waals surface area contributed by atoms with E-state index in [1.54, 1.807) is 0 Å². The molecule has 2 aromatic carbocycles. The predicted octanol–water partition coefficient (Wildman–Crippen LogP) is 5.62. The van der Waals surface area contributed by atoms with Crippen LogP contribution in [-0.4, -0.2) is 22.6 Å². The highest BCUT2D eigenvalue weighted by Crippen LogP contribution is 2.36. The van der Waals surface area contributed by atoms with Crippen molar-refractivity contribution < 1.29 is 9.47 Å². The minimum Gasteiger partial charge on any atom is -0.487 e. The fourth-order valence-electron chi connectivity index (χ4n) is 3.88. The van der Waals surface area contributed by atoms with E-state index in [4.69, 9.17) is 19.7 Å². The highest BCUT2D eigenvalue weighted by Gasteiger charge is 2.33. The Balaban J connectivity index is 1.81. The SMILES string of the molecule is Cc1ccc2c(c1)/C(=N/N=C1\CC(C)(C)Oc3ccc(C)cc31)CC(C)(C)O2. The fourth-order valence-corrected chi connectivity index (χ4v) is 3.88. The van der Waals surface area contributed by atoms with E-state index in [0.717, 1.165) is 46.9 Å². The molecular weight excluding hydrogens is 348 g/mol. The third kappa shape index (κ3) is 3.68. The van der Waals surface area contributed by atoms with Crippen LogP contribution in [0.2, 0.25) is 0 Å². The van der Waals surface area contributed by atoms with Crippen molar-refractivity contribution >= 4 is 11.4 Å². The second-order valence-corrected chi connectivity index (χ2v) is 9.17. The molecule has 0 amide bonds. The van der Waals surface area contributed by atoms with Gasteiger partial charge in [0.2, 0.25) is 0 Å². The second kappa shape index (κ2) is 6.47. The molecule has 4 heteroatoms. The minimum atomic E-state index is -0.301. The summed E-state index contributed by atoms with van der Waals surface area (Å²) in [5, 5.41) is 9.50. The molecule has 4 nitrogen and oxygen atoms in total. The number of fused-ring (bicyclic) bond motifs is 2. The first-order valence-corrected chi connectivity index (χ1v) is 9.85. The Kier molecular flexibility index (Phi) is 4.33. The van der Waals surface area contributed by atoms with Gasteiger partial charge in [0.05, 0.1) is 11.4 Å². The summed E-state index contributed by atoms with van der Waals surface area (Å²) in [5.74, 6) is 1.76. The average molecular weight is 377 g/mol. The first kappa shape index (κ1) is 18.7. The summed E-state index contributed by atoms with van der Waals surface area (Å²) >= 11 is 0. The van der Waals surface area contributed by atoms with Crippen LogP contribution < -0.4 is 9.47 Å². The standard InChI is InChI=1S/C24H28N2O2/c1-15-7-9-21-17(11-15)19(13-23(3,4)27-21)25-26-20-14-24(5,6)28-22-10-8-16(2)12-18(20)22/h7-12H,13-14H2,1-6H3/b25-19+,26-20+. The average Bonchev–Trinajstić information content (AvgIpc) is 2.59. The van der Waals surface area contributed by atoms with E-state index in [9.17, 15) is 0 Å². The quantitative estimate of drug-likeness (QED) is 0.606. The number of hydrogen-bond acceptors (Lipinski definition) is 4. The first-order valence-electron chi connectivity index (χ1n) is 9.85. The van der Waals surface area contributed by atoms with Crippen LogP contribution in [0.25, 0.3) is 0 Å². The number of hydrogen-bond donors (Lipinski definition) is 0. The number of nitrogens with zero attached hydrogens (tertiary/aromatic N) is 2. The van der Waals surface area contributed by atoms with Gasteiger partial charge in [-0.25, -0.2) is 0 Å². The van der Waals surface area contributed by atoms with E-state index in [2.05, 4.69) is 65.8 Å². The maximum Gasteiger partial charge on any atom is 0.129 e. The molecule has 146 valence electrons. The summed E-state index contributed by atoms with van der Waals surface area (Å²) in [6.07, 6.45) is 1.45. The topological polar surface area (TPSA) is 43.2 Å². The minimum absolute atomic E-state index is 0.301. The van der Waals surface area contributed by atoms with Crippen LogP contribution in [0, 0.1) is 13.8 Å². The van der Waals surface area contributed by atoms with E-state index in [1.807, 2.05) is 12.1 Å². The molecule has 0 N–H and O–H groups in total. The van der Waals surface area contributed by atoms with Crippen LogP contribution in [0.3, 0.4) is 0 Å². The fraction of sp³-hybridized carbons (Fsp3) is 0.417. The summed E-state index contributed by atoms with van der Waals surface area (Å²) in [4.78, 5) is 0. The Morgan fingerprint density at radius 2 is 1.07 bits per heavy atom. The highest BCUT2D eigenvalue weighted by molar-refractivity contribution is 6.07. The molecular formula is C24H28N2O2. The number of rotatable bonds is 1. The van der Waals surface area contributed by atoms with E-state index in [1.165, 1.54) is 11.1 Å². The molecule has 0 spiro atoms. The molecule has 0 aliphatic carbocycles. The molecule has 4 rings (SSSR count). The molecule has 28 heavy (non-hydrogen) atoms. The van der Waals surface area contributed by atoms with Crippen molar-refractivity contribution in [2.24, 2.45) is 10.2 Å². The maximum absolute atomic E-state index is 6.15. The van der Waals surface area contributed by atoms with Gasteiger partial charge in [0.25, 0.3) is 0 Å². The molecule has 0 unspecified atom stereocenters. The molecule has 0 saturated carbocycles. The molecule has 2 aliphatic heterocycles. The summed E-state index contributed by atoms with van der Waals surface area (Å²) < 4.78 is 12.3. The van der Waals surface area contributed by atoms with Gasteiger partial charge in [-0.1, -0.05) is 23.3 Å².